The number of benzene rings is 2. The highest BCUT2D eigenvalue weighted by Gasteiger charge is 2.48. The molecule has 2 aromatic rings. The van der Waals surface area contributed by atoms with Gasteiger partial charge >= 0.3 is 0 Å². The number of ether oxygens (including phenoxy) is 1. The van der Waals surface area contributed by atoms with Gasteiger partial charge in [-0.15, -0.1) is 0 Å². The zero-order valence-corrected chi connectivity index (χ0v) is 18.5. The molecule has 0 aromatic heterocycles. The summed E-state index contributed by atoms with van der Waals surface area (Å²) < 4.78 is 5.45. The highest BCUT2D eigenvalue weighted by molar-refractivity contribution is 6.33. The van der Waals surface area contributed by atoms with Crippen LogP contribution < -0.4 is 15.4 Å². The molecule has 2 saturated heterocycles. The van der Waals surface area contributed by atoms with Crippen LogP contribution in [0.3, 0.4) is 0 Å². The van der Waals surface area contributed by atoms with Gasteiger partial charge in [0.25, 0.3) is 5.91 Å². The number of carbonyl (C=O) groups excluding carboxylic acids is 1. The van der Waals surface area contributed by atoms with Crippen molar-refractivity contribution in [2.24, 2.45) is 0 Å². The number of nitrogens with zero attached hydrogens (tertiary/aromatic N) is 1. The smallest absolute Gasteiger partial charge is 0.255 e. The van der Waals surface area contributed by atoms with Crippen LogP contribution in [0.1, 0.15) is 48.0 Å². The van der Waals surface area contributed by atoms with Crippen LogP contribution in [-0.2, 0) is 6.54 Å². The molecule has 160 valence electrons. The Morgan fingerprint density at radius 1 is 1.23 bits per heavy atom. The van der Waals surface area contributed by atoms with Crippen LogP contribution in [0, 0.1) is 0 Å². The summed E-state index contributed by atoms with van der Waals surface area (Å²) in [5.74, 6) is 0.382. The maximum atomic E-state index is 13.1. The zero-order valence-electron chi connectivity index (χ0n) is 17.7. The SMILES string of the molecule is CNc1cc(OC)c(C(=O)NCC23CCCC(CC2)N3Cc2ccccc2)cc1Cl. The van der Waals surface area contributed by atoms with Crippen LogP contribution in [0.15, 0.2) is 42.5 Å². The van der Waals surface area contributed by atoms with Gasteiger partial charge in [0.2, 0.25) is 0 Å². The molecule has 30 heavy (non-hydrogen) atoms. The summed E-state index contributed by atoms with van der Waals surface area (Å²) in [4.78, 5) is 15.7. The quantitative estimate of drug-likeness (QED) is 0.672. The molecule has 0 spiro atoms. The van der Waals surface area contributed by atoms with Crippen molar-refractivity contribution in [1.82, 2.24) is 10.2 Å². The maximum Gasteiger partial charge on any atom is 0.255 e. The van der Waals surface area contributed by atoms with Crippen molar-refractivity contribution in [1.29, 1.82) is 0 Å². The third-order valence-electron chi connectivity index (χ3n) is 6.75. The number of fused-ring (bicyclic) bond motifs is 2. The summed E-state index contributed by atoms with van der Waals surface area (Å²) in [6.45, 7) is 1.58. The Kier molecular flexibility index (Phi) is 6.21. The van der Waals surface area contributed by atoms with Crippen molar-refractivity contribution in [2.45, 2.75) is 50.2 Å². The van der Waals surface area contributed by atoms with Crippen LogP contribution in [0.2, 0.25) is 5.02 Å². The average molecular weight is 428 g/mol. The van der Waals surface area contributed by atoms with Gasteiger partial charge in [-0.2, -0.15) is 0 Å². The largest absolute Gasteiger partial charge is 0.496 e. The predicted octanol–water partition coefficient (Wildman–Crippen LogP) is 4.71. The fourth-order valence-electron chi connectivity index (χ4n) is 5.14. The molecule has 4 rings (SSSR count). The summed E-state index contributed by atoms with van der Waals surface area (Å²) >= 11 is 6.32. The lowest BCUT2D eigenvalue weighted by Gasteiger charge is -2.45. The molecule has 0 saturated carbocycles. The van der Waals surface area contributed by atoms with Crippen LogP contribution >= 0.6 is 11.6 Å². The molecule has 1 amide bonds. The predicted molar refractivity (Wildman–Crippen MR) is 121 cm³/mol. The number of methoxy groups -OCH3 is 1. The van der Waals surface area contributed by atoms with Crippen LogP contribution in [-0.4, -0.2) is 43.1 Å². The van der Waals surface area contributed by atoms with E-state index in [0.29, 0.717) is 28.9 Å². The minimum absolute atomic E-state index is 0.0242. The first-order chi connectivity index (χ1) is 14.6. The molecule has 2 fully saturated rings. The van der Waals surface area contributed by atoms with Crippen molar-refractivity contribution < 1.29 is 9.53 Å². The molecule has 2 aromatic carbocycles. The van der Waals surface area contributed by atoms with Gasteiger partial charge in [0.05, 0.1) is 23.4 Å². The molecule has 0 radical (unpaired) electrons. The lowest BCUT2D eigenvalue weighted by molar-refractivity contribution is 0.0434. The van der Waals surface area contributed by atoms with E-state index < -0.39 is 0 Å². The Morgan fingerprint density at radius 3 is 2.77 bits per heavy atom. The number of nitrogens with one attached hydrogen (secondary N) is 2. The highest BCUT2D eigenvalue weighted by Crippen LogP contribution is 2.44. The fraction of sp³-hybridized carbons (Fsp3) is 0.458. The monoisotopic (exact) mass is 427 g/mol. The topological polar surface area (TPSA) is 53.6 Å². The normalized spacial score (nSPS) is 23.2. The zero-order chi connectivity index (χ0) is 21.1. The molecular weight excluding hydrogens is 398 g/mol. The van der Waals surface area contributed by atoms with E-state index >= 15 is 0 Å². The molecular formula is C24H30ClN3O2. The van der Waals surface area contributed by atoms with E-state index in [-0.39, 0.29) is 11.4 Å². The van der Waals surface area contributed by atoms with Crippen molar-refractivity contribution in [3.63, 3.8) is 0 Å². The van der Waals surface area contributed by atoms with Gasteiger partial charge in [-0.1, -0.05) is 41.9 Å². The standard InChI is InChI=1S/C24H30ClN3O2/c1-26-21-14-22(30-2)19(13-20(21)25)23(29)27-16-24-11-6-9-18(10-12-24)28(24)15-17-7-4-3-5-8-17/h3-5,7-8,13-14,18,26H,6,9-12,15-16H2,1-2H3,(H,27,29). The molecule has 6 heteroatoms. The van der Waals surface area contributed by atoms with E-state index in [1.54, 1.807) is 26.3 Å². The Balaban J connectivity index is 1.51. The number of piperidine rings is 1. The molecule has 2 aliphatic heterocycles. The van der Waals surface area contributed by atoms with Crippen molar-refractivity contribution in [3.8, 4) is 5.75 Å². The van der Waals surface area contributed by atoms with E-state index in [2.05, 4.69) is 45.9 Å². The van der Waals surface area contributed by atoms with Gasteiger partial charge in [-0.25, -0.2) is 0 Å². The molecule has 2 atom stereocenters. The lowest BCUT2D eigenvalue weighted by atomic mass is 9.87. The summed E-state index contributed by atoms with van der Waals surface area (Å²) in [5, 5.41) is 6.73. The molecule has 5 nitrogen and oxygen atoms in total. The summed E-state index contributed by atoms with van der Waals surface area (Å²) in [5.41, 5.74) is 2.57. The number of hydrogen-bond acceptors (Lipinski definition) is 4. The van der Waals surface area contributed by atoms with Gasteiger partial charge in [-0.05, 0) is 43.7 Å². The highest BCUT2D eigenvalue weighted by atomic mass is 35.5. The van der Waals surface area contributed by atoms with Crippen molar-refractivity contribution in [3.05, 3.63) is 58.6 Å². The lowest BCUT2D eigenvalue weighted by Crippen LogP contribution is -2.55. The van der Waals surface area contributed by atoms with E-state index in [9.17, 15) is 4.79 Å². The second-order valence-corrected chi connectivity index (χ2v) is 8.79. The van der Waals surface area contributed by atoms with Gasteiger partial charge in [0.1, 0.15) is 5.75 Å². The summed E-state index contributed by atoms with van der Waals surface area (Å²) in [6.07, 6.45) is 5.92. The van der Waals surface area contributed by atoms with E-state index in [4.69, 9.17) is 16.3 Å². The number of halogens is 1. The molecule has 2 heterocycles. The Bertz CT molecular complexity index is 901. The molecule has 2 unspecified atom stereocenters. The first kappa shape index (κ1) is 21.0. The van der Waals surface area contributed by atoms with E-state index in [0.717, 1.165) is 25.1 Å². The van der Waals surface area contributed by atoms with Crippen LogP contribution in [0.4, 0.5) is 5.69 Å². The maximum absolute atomic E-state index is 13.1. The van der Waals surface area contributed by atoms with Crippen LogP contribution in [0.25, 0.3) is 0 Å². The number of rotatable bonds is 7. The van der Waals surface area contributed by atoms with Crippen molar-refractivity contribution in [2.75, 3.05) is 26.0 Å². The van der Waals surface area contributed by atoms with Crippen LogP contribution in [0.5, 0.6) is 5.75 Å². The van der Waals surface area contributed by atoms with Gasteiger partial charge in [-0.3, -0.25) is 9.69 Å². The Labute approximate surface area is 183 Å². The Morgan fingerprint density at radius 2 is 2.03 bits per heavy atom. The number of carbonyl (C=O) groups is 1. The third kappa shape index (κ3) is 4.01. The van der Waals surface area contributed by atoms with E-state index in [1.165, 1.54) is 24.8 Å². The molecule has 2 bridgehead atoms. The van der Waals surface area contributed by atoms with E-state index in [1.807, 2.05) is 0 Å². The van der Waals surface area contributed by atoms with Gasteiger partial charge in [0.15, 0.2) is 0 Å². The second-order valence-electron chi connectivity index (χ2n) is 8.39. The number of amides is 1. The first-order valence-corrected chi connectivity index (χ1v) is 11.1. The summed E-state index contributed by atoms with van der Waals surface area (Å²) in [6, 6.07) is 14.7. The van der Waals surface area contributed by atoms with Crippen molar-refractivity contribution >= 4 is 23.2 Å². The number of anilines is 1. The minimum Gasteiger partial charge on any atom is -0.496 e. The first-order valence-electron chi connectivity index (χ1n) is 10.7. The summed E-state index contributed by atoms with van der Waals surface area (Å²) in [7, 11) is 3.36. The average Bonchev–Trinajstić information content (AvgIpc) is 2.96. The third-order valence-corrected chi connectivity index (χ3v) is 7.06. The van der Waals surface area contributed by atoms with Gasteiger partial charge in [0, 0.05) is 37.8 Å². The molecule has 2 N–H and O–H groups in total. The Hall–Kier alpha value is -2.24. The molecule has 2 aliphatic rings. The number of hydrogen-bond donors (Lipinski definition) is 2. The molecule has 0 aliphatic carbocycles. The minimum atomic E-state index is -0.139. The fourth-order valence-corrected chi connectivity index (χ4v) is 5.40. The van der Waals surface area contributed by atoms with Gasteiger partial charge < -0.3 is 15.4 Å². The second kappa shape index (κ2) is 8.86.